The summed E-state index contributed by atoms with van der Waals surface area (Å²) in [6.07, 6.45) is 0.389. The Hall–Kier alpha value is -2.04. The summed E-state index contributed by atoms with van der Waals surface area (Å²) in [7, 11) is 3.88. The highest BCUT2D eigenvalue weighted by atomic mass is 16.4. The number of benzene rings is 1. The van der Waals surface area contributed by atoms with Crippen molar-refractivity contribution in [2.75, 3.05) is 24.3 Å². The Morgan fingerprint density at radius 3 is 2.28 bits per heavy atom. The van der Waals surface area contributed by atoms with Crippen molar-refractivity contribution in [3.63, 3.8) is 0 Å². The fourth-order valence-corrected chi connectivity index (χ4v) is 1.46. The van der Waals surface area contributed by atoms with Crippen LogP contribution < -0.4 is 15.3 Å². The summed E-state index contributed by atoms with van der Waals surface area (Å²) in [6, 6.07) is 7.42. The Labute approximate surface area is 106 Å². The minimum absolute atomic E-state index is 0.0903. The van der Waals surface area contributed by atoms with E-state index in [9.17, 15) is 14.7 Å². The first-order chi connectivity index (χ1) is 8.49. The summed E-state index contributed by atoms with van der Waals surface area (Å²) in [6.45, 7) is 0. The number of carbonyl (C=O) groups is 2. The molecule has 0 atom stereocenters. The van der Waals surface area contributed by atoms with Gasteiger partial charge in [-0.2, -0.15) is 0 Å². The van der Waals surface area contributed by atoms with Gasteiger partial charge in [0.25, 0.3) is 0 Å². The average Bonchev–Trinajstić information content (AvgIpc) is 2.29. The normalized spacial score (nSPS) is 9.89. The van der Waals surface area contributed by atoms with Crippen molar-refractivity contribution in [1.29, 1.82) is 0 Å². The lowest BCUT2D eigenvalue weighted by Gasteiger charge is -2.13. The minimum atomic E-state index is -1.13. The van der Waals surface area contributed by atoms with Gasteiger partial charge in [-0.3, -0.25) is 4.79 Å². The van der Waals surface area contributed by atoms with Gasteiger partial charge in [-0.05, 0) is 37.1 Å². The molecule has 0 aliphatic heterocycles. The number of nitrogens with one attached hydrogen (secondary N) is 1. The lowest BCUT2D eigenvalue weighted by atomic mass is 10.2. The maximum absolute atomic E-state index is 11.5. The lowest BCUT2D eigenvalue weighted by Crippen LogP contribution is -2.22. The molecular weight excluding hydrogens is 232 g/mol. The number of rotatable bonds is 6. The number of carboxylic acid groups (broad SMARTS) is 1. The molecule has 1 N–H and O–H groups in total. The zero-order valence-electron chi connectivity index (χ0n) is 10.6. The summed E-state index contributed by atoms with van der Waals surface area (Å²) >= 11 is 0. The van der Waals surface area contributed by atoms with E-state index in [0.29, 0.717) is 12.1 Å². The molecule has 0 aromatic heterocycles. The Morgan fingerprint density at radius 1 is 1.17 bits per heavy atom. The maximum Gasteiger partial charge on any atom is 0.224 e. The molecule has 0 aliphatic rings. The van der Waals surface area contributed by atoms with Crippen LogP contribution in [0.5, 0.6) is 0 Å². The Bertz CT molecular complexity index is 413. The molecule has 5 nitrogen and oxygen atoms in total. The van der Waals surface area contributed by atoms with E-state index in [1.54, 1.807) is 0 Å². The molecule has 0 radical (unpaired) electrons. The van der Waals surface area contributed by atoms with Crippen molar-refractivity contribution in [1.82, 2.24) is 0 Å². The van der Waals surface area contributed by atoms with Crippen LogP contribution in [-0.4, -0.2) is 26.0 Å². The lowest BCUT2D eigenvalue weighted by molar-refractivity contribution is -0.305. The first-order valence-electron chi connectivity index (χ1n) is 5.76. The van der Waals surface area contributed by atoms with Gasteiger partial charge < -0.3 is 20.1 Å². The number of nitrogens with zero attached hydrogens (tertiary/aromatic N) is 1. The van der Waals surface area contributed by atoms with E-state index in [1.165, 1.54) is 0 Å². The molecule has 18 heavy (non-hydrogen) atoms. The molecule has 0 aliphatic carbocycles. The van der Waals surface area contributed by atoms with Crippen LogP contribution in [0.2, 0.25) is 0 Å². The van der Waals surface area contributed by atoms with E-state index >= 15 is 0 Å². The van der Waals surface area contributed by atoms with Crippen LogP contribution in [-0.2, 0) is 9.59 Å². The first-order valence-corrected chi connectivity index (χ1v) is 5.76. The molecule has 0 saturated heterocycles. The quantitative estimate of drug-likeness (QED) is 0.801. The molecule has 0 bridgehead atoms. The number of anilines is 2. The summed E-state index contributed by atoms with van der Waals surface area (Å²) in [5.41, 5.74) is 1.75. The van der Waals surface area contributed by atoms with E-state index in [1.807, 2.05) is 43.3 Å². The van der Waals surface area contributed by atoms with E-state index in [2.05, 4.69) is 5.32 Å². The summed E-state index contributed by atoms with van der Waals surface area (Å²) < 4.78 is 0. The van der Waals surface area contributed by atoms with Gasteiger partial charge in [0.15, 0.2) is 0 Å². The second kappa shape index (κ2) is 6.64. The molecule has 0 saturated carbocycles. The van der Waals surface area contributed by atoms with Crippen molar-refractivity contribution in [2.45, 2.75) is 19.3 Å². The number of hydrogen-bond acceptors (Lipinski definition) is 4. The zero-order valence-corrected chi connectivity index (χ0v) is 10.6. The molecule has 98 valence electrons. The van der Waals surface area contributed by atoms with Crippen LogP contribution in [0.4, 0.5) is 11.4 Å². The highest BCUT2D eigenvalue weighted by Gasteiger charge is 2.02. The third-order valence-electron chi connectivity index (χ3n) is 2.45. The molecule has 0 unspecified atom stereocenters. The third-order valence-corrected chi connectivity index (χ3v) is 2.45. The van der Waals surface area contributed by atoms with Gasteiger partial charge in [-0.25, -0.2) is 0 Å². The molecule has 1 aromatic carbocycles. The van der Waals surface area contributed by atoms with Crippen LogP contribution in [0.15, 0.2) is 24.3 Å². The number of aliphatic carboxylic acids is 1. The van der Waals surface area contributed by atoms with E-state index in [4.69, 9.17) is 0 Å². The Kier molecular flexibility index (Phi) is 5.17. The van der Waals surface area contributed by atoms with Crippen LogP contribution in [0, 0.1) is 0 Å². The fourth-order valence-electron chi connectivity index (χ4n) is 1.46. The van der Waals surface area contributed by atoms with Crippen molar-refractivity contribution in [3.8, 4) is 0 Å². The topological polar surface area (TPSA) is 72.5 Å². The maximum atomic E-state index is 11.5. The highest BCUT2D eigenvalue weighted by Crippen LogP contribution is 2.15. The Balaban J connectivity index is 2.42. The van der Waals surface area contributed by atoms with Crippen molar-refractivity contribution in [3.05, 3.63) is 24.3 Å². The highest BCUT2D eigenvalue weighted by molar-refractivity contribution is 5.91. The van der Waals surface area contributed by atoms with Crippen molar-refractivity contribution < 1.29 is 14.7 Å². The van der Waals surface area contributed by atoms with Crippen LogP contribution in [0.1, 0.15) is 19.3 Å². The number of carboxylic acids is 1. The largest absolute Gasteiger partial charge is 0.550 e. The van der Waals surface area contributed by atoms with Crippen LogP contribution in [0.3, 0.4) is 0 Å². The minimum Gasteiger partial charge on any atom is -0.550 e. The summed E-state index contributed by atoms with van der Waals surface area (Å²) in [5.74, 6) is -1.31. The molecule has 1 amide bonds. The fraction of sp³-hybridized carbons (Fsp3) is 0.385. The molecule has 1 rings (SSSR count). The predicted molar refractivity (Wildman–Crippen MR) is 68.3 cm³/mol. The van der Waals surface area contributed by atoms with Crippen molar-refractivity contribution >= 4 is 23.3 Å². The van der Waals surface area contributed by atoms with Gasteiger partial charge in [0.1, 0.15) is 0 Å². The molecule has 0 fully saturated rings. The molecule has 1 aromatic rings. The van der Waals surface area contributed by atoms with Gasteiger partial charge in [0.2, 0.25) is 5.91 Å². The molecule has 0 spiro atoms. The standard InChI is InChI=1S/C13H18N2O3/c1-15(2)11-8-6-10(7-9-11)14-12(16)4-3-5-13(17)18/h6-9H,3-5H2,1-2H3,(H,14,16)(H,17,18)/p-1. The van der Waals surface area contributed by atoms with Crippen LogP contribution >= 0.6 is 0 Å². The van der Waals surface area contributed by atoms with E-state index < -0.39 is 5.97 Å². The second-order valence-electron chi connectivity index (χ2n) is 4.22. The van der Waals surface area contributed by atoms with Gasteiger partial charge in [-0.15, -0.1) is 0 Å². The van der Waals surface area contributed by atoms with E-state index in [-0.39, 0.29) is 18.7 Å². The van der Waals surface area contributed by atoms with Gasteiger partial charge in [-0.1, -0.05) is 0 Å². The number of hydrogen-bond donors (Lipinski definition) is 1. The number of amides is 1. The van der Waals surface area contributed by atoms with Gasteiger partial charge in [0, 0.05) is 37.9 Å². The average molecular weight is 249 g/mol. The van der Waals surface area contributed by atoms with E-state index in [0.717, 1.165) is 5.69 Å². The van der Waals surface area contributed by atoms with Gasteiger partial charge in [0.05, 0.1) is 0 Å². The summed E-state index contributed by atoms with van der Waals surface area (Å²) in [4.78, 5) is 23.6. The third kappa shape index (κ3) is 4.86. The Morgan fingerprint density at radius 2 is 1.78 bits per heavy atom. The van der Waals surface area contributed by atoms with Gasteiger partial charge >= 0.3 is 0 Å². The molecule has 0 heterocycles. The predicted octanol–water partition coefficient (Wildman–Crippen LogP) is 0.611. The smallest absolute Gasteiger partial charge is 0.224 e. The molecule has 5 heteroatoms. The summed E-state index contributed by atoms with van der Waals surface area (Å²) in [5, 5.41) is 12.9. The monoisotopic (exact) mass is 249 g/mol. The molecular formula is C13H17N2O3-. The number of carbonyl (C=O) groups excluding carboxylic acids is 2. The zero-order chi connectivity index (χ0) is 13.5. The second-order valence-corrected chi connectivity index (χ2v) is 4.22. The van der Waals surface area contributed by atoms with Crippen molar-refractivity contribution in [2.24, 2.45) is 0 Å². The van der Waals surface area contributed by atoms with Crippen LogP contribution in [0.25, 0.3) is 0 Å². The first kappa shape index (κ1) is 14.0. The SMILES string of the molecule is CN(C)c1ccc(NC(=O)CCCC(=O)[O-])cc1.